The summed E-state index contributed by atoms with van der Waals surface area (Å²) in [6.45, 7) is 0. The first-order chi connectivity index (χ1) is 10.1. The normalized spacial score (nSPS) is 11.4. The van der Waals surface area contributed by atoms with Gasteiger partial charge in [0, 0.05) is 33.2 Å². The third-order valence-electron chi connectivity index (χ3n) is 2.94. The first kappa shape index (κ1) is 14.9. The Morgan fingerprint density at radius 3 is 2.29 bits per heavy atom. The molecule has 0 fully saturated rings. The van der Waals surface area contributed by atoms with Gasteiger partial charge in [-0.2, -0.15) is 5.26 Å². The Morgan fingerprint density at radius 2 is 1.76 bits per heavy atom. The molecule has 0 aliphatic rings. The largest absolute Gasteiger partial charge is 0.322 e. The molecule has 1 amide bonds. The molecular formula is C16H14N2O2S. The van der Waals surface area contributed by atoms with E-state index in [0.29, 0.717) is 22.6 Å². The van der Waals surface area contributed by atoms with Crippen molar-refractivity contribution < 1.29 is 9.00 Å². The van der Waals surface area contributed by atoms with Crippen molar-refractivity contribution in [3.8, 4) is 6.07 Å². The van der Waals surface area contributed by atoms with Gasteiger partial charge in [-0.15, -0.1) is 0 Å². The van der Waals surface area contributed by atoms with Gasteiger partial charge in [0.2, 0.25) is 0 Å². The number of hydrogen-bond acceptors (Lipinski definition) is 3. The molecule has 0 saturated heterocycles. The maximum absolute atomic E-state index is 12.1. The Morgan fingerprint density at radius 1 is 1.14 bits per heavy atom. The minimum absolute atomic E-state index is 0.225. The molecule has 2 rings (SSSR count). The van der Waals surface area contributed by atoms with Crippen molar-refractivity contribution in [2.45, 2.75) is 11.3 Å². The number of carbonyl (C=O) groups is 1. The standard InChI is InChI=1S/C16H14N2O2S/c1-21(20)15-8-4-13(5-9-15)16(19)18-14-6-2-12(3-7-14)10-11-17/h2-9H,10H2,1H3,(H,18,19). The van der Waals surface area contributed by atoms with Crippen LogP contribution < -0.4 is 5.32 Å². The second-order valence-corrected chi connectivity index (χ2v) is 5.84. The van der Waals surface area contributed by atoms with E-state index in [2.05, 4.69) is 11.4 Å². The number of hydrogen-bond donors (Lipinski definition) is 1. The Kier molecular flexibility index (Phi) is 4.85. The highest BCUT2D eigenvalue weighted by atomic mass is 32.2. The smallest absolute Gasteiger partial charge is 0.255 e. The predicted molar refractivity (Wildman–Crippen MR) is 82.5 cm³/mol. The highest BCUT2D eigenvalue weighted by Gasteiger charge is 2.07. The summed E-state index contributed by atoms with van der Waals surface area (Å²) in [7, 11) is -1.05. The number of nitrogens with one attached hydrogen (secondary N) is 1. The molecular weight excluding hydrogens is 284 g/mol. The summed E-state index contributed by atoms with van der Waals surface area (Å²) in [4.78, 5) is 12.8. The summed E-state index contributed by atoms with van der Waals surface area (Å²) >= 11 is 0. The molecule has 1 N–H and O–H groups in total. The maximum atomic E-state index is 12.1. The van der Waals surface area contributed by atoms with E-state index in [-0.39, 0.29) is 5.91 Å². The lowest BCUT2D eigenvalue weighted by atomic mass is 10.1. The average Bonchev–Trinajstić information content (AvgIpc) is 2.49. The zero-order valence-electron chi connectivity index (χ0n) is 11.5. The van der Waals surface area contributed by atoms with Crippen LogP contribution in [0.2, 0.25) is 0 Å². The second kappa shape index (κ2) is 6.82. The van der Waals surface area contributed by atoms with E-state index in [1.165, 1.54) is 0 Å². The highest BCUT2D eigenvalue weighted by molar-refractivity contribution is 7.84. The van der Waals surface area contributed by atoms with E-state index >= 15 is 0 Å². The molecule has 0 spiro atoms. The summed E-state index contributed by atoms with van der Waals surface area (Å²) < 4.78 is 11.3. The van der Waals surface area contributed by atoms with Gasteiger partial charge in [0.25, 0.3) is 5.91 Å². The van der Waals surface area contributed by atoms with Crippen molar-refractivity contribution in [3.05, 3.63) is 59.7 Å². The monoisotopic (exact) mass is 298 g/mol. The first-order valence-electron chi connectivity index (χ1n) is 6.31. The Bertz CT molecular complexity index is 701. The molecule has 2 aromatic carbocycles. The van der Waals surface area contributed by atoms with Crippen LogP contribution in [0.3, 0.4) is 0 Å². The van der Waals surface area contributed by atoms with Gasteiger partial charge in [-0.1, -0.05) is 12.1 Å². The second-order valence-electron chi connectivity index (χ2n) is 4.46. The molecule has 0 bridgehead atoms. The molecule has 106 valence electrons. The van der Waals surface area contributed by atoms with Gasteiger partial charge in [-0.05, 0) is 42.0 Å². The third kappa shape index (κ3) is 4.01. The van der Waals surface area contributed by atoms with Crippen molar-refractivity contribution in [3.63, 3.8) is 0 Å². The van der Waals surface area contributed by atoms with Crippen LogP contribution in [0.15, 0.2) is 53.4 Å². The summed E-state index contributed by atoms with van der Waals surface area (Å²) in [5.74, 6) is -0.225. The van der Waals surface area contributed by atoms with Gasteiger partial charge in [-0.25, -0.2) is 0 Å². The summed E-state index contributed by atoms with van der Waals surface area (Å²) in [6, 6.07) is 15.9. The fourth-order valence-corrected chi connectivity index (χ4v) is 2.32. The average molecular weight is 298 g/mol. The zero-order valence-corrected chi connectivity index (χ0v) is 12.3. The van der Waals surface area contributed by atoms with E-state index in [0.717, 1.165) is 5.56 Å². The van der Waals surface area contributed by atoms with Crippen molar-refractivity contribution in [2.75, 3.05) is 11.6 Å². The van der Waals surface area contributed by atoms with Gasteiger partial charge in [-0.3, -0.25) is 9.00 Å². The van der Waals surface area contributed by atoms with Crippen LogP contribution >= 0.6 is 0 Å². The fraction of sp³-hybridized carbons (Fsp3) is 0.125. The SMILES string of the molecule is CS(=O)c1ccc(C(=O)Nc2ccc(CC#N)cc2)cc1. The predicted octanol–water partition coefficient (Wildman–Crippen LogP) is 2.74. The molecule has 2 aromatic rings. The quantitative estimate of drug-likeness (QED) is 0.943. The van der Waals surface area contributed by atoms with E-state index < -0.39 is 10.8 Å². The van der Waals surface area contributed by atoms with Crippen molar-refractivity contribution in [2.24, 2.45) is 0 Å². The number of benzene rings is 2. The molecule has 0 heterocycles. The number of anilines is 1. The Labute approximate surface area is 125 Å². The molecule has 4 nitrogen and oxygen atoms in total. The molecule has 0 aliphatic carbocycles. The van der Waals surface area contributed by atoms with Crippen LogP contribution in [0.4, 0.5) is 5.69 Å². The number of rotatable bonds is 4. The van der Waals surface area contributed by atoms with Crippen molar-refractivity contribution in [1.29, 1.82) is 5.26 Å². The minimum atomic E-state index is -1.05. The zero-order chi connectivity index (χ0) is 15.2. The van der Waals surface area contributed by atoms with Gasteiger partial charge in [0.15, 0.2) is 0 Å². The molecule has 0 saturated carbocycles. The molecule has 0 aliphatic heterocycles. The minimum Gasteiger partial charge on any atom is -0.322 e. The molecule has 0 aromatic heterocycles. The van der Waals surface area contributed by atoms with Gasteiger partial charge >= 0.3 is 0 Å². The number of amides is 1. The van der Waals surface area contributed by atoms with Gasteiger partial charge < -0.3 is 5.32 Å². The van der Waals surface area contributed by atoms with E-state index in [4.69, 9.17) is 5.26 Å². The highest BCUT2D eigenvalue weighted by Crippen LogP contribution is 2.13. The molecule has 1 atom stereocenters. The van der Waals surface area contributed by atoms with E-state index in [1.54, 1.807) is 42.7 Å². The summed E-state index contributed by atoms with van der Waals surface area (Å²) in [5, 5.41) is 11.4. The topological polar surface area (TPSA) is 70.0 Å². The molecule has 1 unspecified atom stereocenters. The van der Waals surface area contributed by atoms with Gasteiger partial charge in [0.05, 0.1) is 12.5 Å². The Balaban J connectivity index is 2.07. The van der Waals surface area contributed by atoms with Crippen LogP contribution in [0.5, 0.6) is 0 Å². The Hall–Kier alpha value is -2.45. The first-order valence-corrected chi connectivity index (χ1v) is 7.86. The lowest BCUT2D eigenvalue weighted by Gasteiger charge is -2.06. The molecule has 21 heavy (non-hydrogen) atoms. The van der Waals surface area contributed by atoms with E-state index in [1.807, 2.05) is 12.1 Å². The van der Waals surface area contributed by atoms with Crippen LogP contribution in [-0.2, 0) is 17.2 Å². The fourth-order valence-electron chi connectivity index (χ4n) is 1.80. The number of nitrogens with zero attached hydrogens (tertiary/aromatic N) is 1. The van der Waals surface area contributed by atoms with Crippen LogP contribution in [0.1, 0.15) is 15.9 Å². The van der Waals surface area contributed by atoms with Crippen LogP contribution in [0, 0.1) is 11.3 Å². The summed E-state index contributed by atoms with van der Waals surface area (Å²) in [5.41, 5.74) is 2.08. The number of nitriles is 1. The van der Waals surface area contributed by atoms with Gasteiger partial charge in [0.1, 0.15) is 0 Å². The van der Waals surface area contributed by atoms with E-state index in [9.17, 15) is 9.00 Å². The summed E-state index contributed by atoms with van der Waals surface area (Å²) in [6.07, 6.45) is 1.95. The lowest BCUT2D eigenvalue weighted by molar-refractivity contribution is 0.102. The van der Waals surface area contributed by atoms with Crippen molar-refractivity contribution in [1.82, 2.24) is 0 Å². The van der Waals surface area contributed by atoms with Crippen LogP contribution in [0.25, 0.3) is 0 Å². The molecule has 5 heteroatoms. The maximum Gasteiger partial charge on any atom is 0.255 e. The third-order valence-corrected chi connectivity index (χ3v) is 3.88. The van der Waals surface area contributed by atoms with Crippen molar-refractivity contribution >= 4 is 22.4 Å². The molecule has 0 radical (unpaired) electrons. The lowest BCUT2D eigenvalue weighted by Crippen LogP contribution is -2.11. The number of carbonyl (C=O) groups excluding carboxylic acids is 1. The van der Waals surface area contributed by atoms with Crippen LogP contribution in [-0.4, -0.2) is 16.4 Å².